The maximum atomic E-state index is 12.0. The molecule has 2 aliphatic rings. The number of carbonyl (C=O) groups excluding carboxylic acids is 1. The van der Waals surface area contributed by atoms with Gasteiger partial charge in [-0.2, -0.15) is 0 Å². The number of nitrogens with two attached hydrogens (primary N) is 1. The van der Waals surface area contributed by atoms with E-state index in [-0.39, 0.29) is 18.0 Å². The highest BCUT2D eigenvalue weighted by molar-refractivity contribution is 5.83. The first kappa shape index (κ1) is 10.9. The van der Waals surface area contributed by atoms with Crippen LogP contribution in [0.3, 0.4) is 0 Å². The summed E-state index contributed by atoms with van der Waals surface area (Å²) >= 11 is 0. The molecule has 2 rings (SSSR count). The van der Waals surface area contributed by atoms with Crippen LogP contribution in [-0.4, -0.2) is 31.2 Å². The van der Waals surface area contributed by atoms with E-state index in [0.717, 1.165) is 0 Å². The molecule has 0 aromatic rings. The molecule has 1 aliphatic heterocycles. The van der Waals surface area contributed by atoms with Crippen LogP contribution < -0.4 is 11.1 Å². The molecule has 0 bridgehead atoms. The molecule has 15 heavy (non-hydrogen) atoms. The Morgan fingerprint density at radius 2 is 2.27 bits per heavy atom. The van der Waals surface area contributed by atoms with Crippen molar-refractivity contribution in [3.63, 3.8) is 0 Å². The number of ether oxygens (including phenoxy) is 1. The second-order valence-electron chi connectivity index (χ2n) is 5.14. The van der Waals surface area contributed by atoms with Crippen molar-refractivity contribution >= 4 is 5.91 Å². The van der Waals surface area contributed by atoms with E-state index >= 15 is 0 Å². The molecule has 0 spiro atoms. The van der Waals surface area contributed by atoms with Gasteiger partial charge in [0.25, 0.3) is 0 Å². The van der Waals surface area contributed by atoms with Crippen molar-refractivity contribution < 1.29 is 9.53 Å². The molecule has 1 aliphatic carbocycles. The van der Waals surface area contributed by atoms with Gasteiger partial charge in [0.15, 0.2) is 0 Å². The number of amides is 1. The Labute approximate surface area is 90.5 Å². The summed E-state index contributed by atoms with van der Waals surface area (Å²) in [6, 6.07) is 0.103. The van der Waals surface area contributed by atoms with Crippen molar-refractivity contribution in [2.75, 3.05) is 13.2 Å². The molecule has 1 heterocycles. The first-order valence-corrected chi connectivity index (χ1v) is 5.68. The number of hydrogen-bond acceptors (Lipinski definition) is 3. The van der Waals surface area contributed by atoms with Crippen molar-refractivity contribution in [1.29, 1.82) is 0 Å². The van der Waals surface area contributed by atoms with Crippen molar-refractivity contribution in [3.05, 3.63) is 0 Å². The highest BCUT2D eigenvalue weighted by Gasteiger charge is 2.45. The van der Waals surface area contributed by atoms with E-state index in [4.69, 9.17) is 10.5 Å². The molecule has 1 saturated heterocycles. The summed E-state index contributed by atoms with van der Waals surface area (Å²) in [5.74, 6) is 0.725. The summed E-state index contributed by atoms with van der Waals surface area (Å²) in [5, 5.41) is 3.06. The van der Waals surface area contributed by atoms with Crippen LogP contribution in [-0.2, 0) is 9.53 Å². The molecule has 2 fully saturated rings. The zero-order valence-corrected chi connectivity index (χ0v) is 9.45. The van der Waals surface area contributed by atoms with Crippen molar-refractivity contribution in [2.24, 2.45) is 17.1 Å². The first-order valence-electron chi connectivity index (χ1n) is 5.68. The van der Waals surface area contributed by atoms with Gasteiger partial charge >= 0.3 is 0 Å². The highest BCUT2D eigenvalue weighted by Crippen LogP contribution is 2.33. The highest BCUT2D eigenvalue weighted by atomic mass is 16.5. The van der Waals surface area contributed by atoms with Crippen LogP contribution in [0.2, 0.25) is 0 Å². The second-order valence-corrected chi connectivity index (χ2v) is 5.14. The monoisotopic (exact) mass is 212 g/mol. The Morgan fingerprint density at radius 1 is 1.60 bits per heavy atom. The average molecular weight is 212 g/mol. The molecule has 3 atom stereocenters. The van der Waals surface area contributed by atoms with Crippen LogP contribution in [0.1, 0.15) is 26.7 Å². The SMILES string of the molecule is CC(NC(=O)C1(C)COCC1N)C1CC1. The lowest BCUT2D eigenvalue weighted by molar-refractivity contribution is -0.131. The van der Waals surface area contributed by atoms with Crippen LogP contribution in [0.4, 0.5) is 0 Å². The van der Waals surface area contributed by atoms with Gasteiger partial charge in [0, 0.05) is 12.1 Å². The normalized spacial score (nSPS) is 37.7. The van der Waals surface area contributed by atoms with E-state index in [1.54, 1.807) is 0 Å². The Balaban J connectivity index is 1.94. The van der Waals surface area contributed by atoms with Crippen LogP contribution in [0.15, 0.2) is 0 Å². The molecule has 3 N–H and O–H groups in total. The van der Waals surface area contributed by atoms with Crippen LogP contribution in [0.25, 0.3) is 0 Å². The topological polar surface area (TPSA) is 64.3 Å². The molecule has 0 radical (unpaired) electrons. The lowest BCUT2D eigenvalue weighted by atomic mass is 9.84. The van der Waals surface area contributed by atoms with E-state index in [2.05, 4.69) is 12.2 Å². The van der Waals surface area contributed by atoms with Crippen molar-refractivity contribution in [1.82, 2.24) is 5.32 Å². The smallest absolute Gasteiger partial charge is 0.230 e. The largest absolute Gasteiger partial charge is 0.379 e. The maximum Gasteiger partial charge on any atom is 0.230 e. The van der Waals surface area contributed by atoms with Gasteiger partial charge in [0.2, 0.25) is 5.91 Å². The van der Waals surface area contributed by atoms with Gasteiger partial charge in [-0.1, -0.05) is 0 Å². The number of rotatable bonds is 3. The molecule has 86 valence electrons. The minimum absolute atomic E-state index is 0.0481. The summed E-state index contributed by atoms with van der Waals surface area (Å²) in [5.41, 5.74) is 5.36. The molecule has 4 heteroatoms. The molecule has 1 saturated carbocycles. The zero-order valence-electron chi connectivity index (χ0n) is 9.45. The zero-order chi connectivity index (χ0) is 11.1. The van der Waals surface area contributed by atoms with Crippen LogP contribution in [0.5, 0.6) is 0 Å². The van der Waals surface area contributed by atoms with E-state index < -0.39 is 5.41 Å². The van der Waals surface area contributed by atoms with Crippen LogP contribution >= 0.6 is 0 Å². The van der Waals surface area contributed by atoms with Gasteiger partial charge < -0.3 is 15.8 Å². The minimum Gasteiger partial charge on any atom is -0.379 e. The molecular formula is C11H20N2O2. The van der Waals surface area contributed by atoms with Gasteiger partial charge in [0.1, 0.15) is 0 Å². The molecular weight excluding hydrogens is 192 g/mol. The third kappa shape index (κ3) is 2.01. The van der Waals surface area contributed by atoms with E-state index in [0.29, 0.717) is 19.1 Å². The molecule has 3 unspecified atom stereocenters. The van der Waals surface area contributed by atoms with Crippen molar-refractivity contribution in [2.45, 2.75) is 38.8 Å². The third-order valence-electron chi connectivity index (χ3n) is 3.72. The summed E-state index contributed by atoms with van der Waals surface area (Å²) < 4.78 is 5.27. The molecule has 0 aromatic carbocycles. The fourth-order valence-corrected chi connectivity index (χ4v) is 2.01. The summed E-state index contributed by atoms with van der Waals surface area (Å²) in [4.78, 5) is 12.0. The Morgan fingerprint density at radius 3 is 2.73 bits per heavy atom. The average Bonchev–Trinajstić information content (AvgIpc) is 2.95. The standard InChI is InChI=1S/C11H20N2O2/c1-7(8-3-4-8)13-10(14)11(2)6-15-5-9(11)12/h7-9H,3-6,12H2,1-2H3,(H,13,14). The van der Waals surface area contributed by atoms with Gasteiger partial charge in [-0.25, -0.2) is 0 Å². The summed E-state index contributed by atoms with van der Waals surface area (Å²) in [6.45, 7) is 4.89. The number of hydrogen-bond donors (Lipinski definition) is 2. The van der Waals surface area contributed by atoms with Crippen LogP contribution in [0, 0.1) is 11.3 Å². The van der Waals surface area contributed by atoms with E-state index in [9.17, 15) is 4.79 Å². The van der Waals surface area contributed by atoms with E-state index in [1.165, 1.54) is 12.8 Å². The number of nitrogens with one attached hydrogen (secondary N) is 1. The molecule has 0 aromatic heterocycles. The predicted octanol–water partition coefficient (Wildman–Crippen LogP) is 0.265. The Hall–Kier alpha value is -0.610. The predicted molar refractivity (Wildman–Crippen MR) is 57.2 cm³/mol. The third-order valence-corrected chi connectivity index (χ3v) is 3.72. The Kier molecular flexibility index (Phi) is 2.73. The van der Waals surface area contributed by atoms with Gasteiger partial charge in [0.05, 0.1) is 18.6 Å². The van der Waals surface area contributed by atoms with Gasteiger partial charge in [-0.3, -0.25) is 4.79 Å². The first-order chi connectivity index (χ1) is 7.04. The lowest BCUT2D eigenvalue weighted by Gasteiger charge is -2.27. The van der Waals surface area contributed by atoms with E-state index in [1.807, 2.05) is 6.92 Å². The summed E-state index contributed by atoms with van der Waals surface area (Å²) in [6.07, 6.45) is 2.47. The minimum atomic E-state index is -0.539. The molecule has 1 amide bonds. The van der Waals surface area contributed by atoms with Gasteiger partial charge in [-0.05, 0) is 32.6 Å². The maximum absolute atomic E-state index is 12.0. The van der Waals surface area contributed by atoms with Crippen molar-refractivity contribution in [3.8, 4) is 0 Å². The fourth-order valence-electron chi connectivity index (χ4n) is 2.01. The Bertz CT molecular complexity index is 265. The fraction of sp³-hybridized carbons (Fsp3) is 0.909. The quantitative estimate of drug-likeness (QED) is 0.705. The van der Waals surface area contributed by atoms with Gasteiger partial charge in [-0.15, -0.1) is 0 Å². The molecule has 4 nitrogen and oxygen atoms in total. The summed E-state index contributed by atoms with van der Waals surface area (Å²) in [7, 11) is 0. The lowest BCUT2D eigenvalue weighted by Crippen LogP contribution is -2.52. The number of carbonyl (C=O) groups is 1. The second kappa shape index (κ2) is 3.76.